The molecule has 0 amide bonds. The highest BCUT2D eigenvalue weighted by Crippen LogP contribution is 2.27. The van der Waals surface area contributed by atoms with Crippen molar-refractivity contribution in [3.05, 3.63) is 29.5 Å². The summed E-state index contributed by atoms with van der Waals surface area (Å²) in [4.78, 5) is 10.3. The normalized spacial score (nSPS) is 13.5. The van der Waals surface area contributed by atoms with E-state index < -0.39 is 0 Å². The molecule has 3 N–H and O–H groups in total. The molecule has 1 aliphatic heterocycles. The van der Waals surface area contributed by atoms with Gasteiger partial charge in [-0.15, -0.1) is 0 Å². The molecule has 3 heteroatoms. The second kappa shape index (κ2) is 2.40. The molecule has 3 nitrogen and oxygen atoms in total. The molecular formula is C9H8N2O. The molecule has 0 saturated heterocycles. The zero-order chi connectivity index (χ0) is 8.55. The molecule has 1 heterocycles. The van der Waals surface area contributed by atoms with E-state index in [-0.39, 0.29) is 0 Å². The molecule has 0 atom stereocenters. The van der Waals surface area contributed by atoms with E-state index in [2.05, 4.69) is 5.32 Å². The fraction of sp³-hybridized carbons (Fsp3) is 0.111. The number of rotatable bonds is 0. The molecule has 60 valence electrons. The Kier molecular flexibility index (Phi) is 1.39. The van der Waals surface area contributed by atoms with Crippen molar-refractivity contribution in [3.8, 4) is 0 Å². The van der Waals surface area contributed by atoms with Crippen LogP contribution in [-0.4, -0.2) is 5.94 Å². The van der Waals surface area contributed by atoms with Crippen LogP contribution in [-0.2, 0) is 11.2 Å². The molecule has 0 aliphatic carbocycles. The number of allylic oxidation sites excluding steroid dienone is 1. The first-order valence-corrected chi connectivity index (χ1v) is 3.69. The summed E-state index contributed by atoms with van der Waals surface area (Å²) in [5.41, 5.74) is 8.91. The summed E-state index contributed by atoms with van der Waals surface area (Å²) >= 11 is 0. The molecule has 0 fully saturated rings. The van der Waals surface area contributed by atoms with E-state index in [1.54, 1.807) is 6.07 Å². The van der Waals surface area contributed by atoms with Gasteiger partial charge in [-0.25, -0.2) is 4.79 Å². The zero-order valence-electron chi connectivity index (χ0n) is 6.42. The van der Waals surface area contributed by atoms with Gasteiger partial charge in [0.15, 0.2) is 0 Å². The average molecular weight is 160 g/mol. The number of fused-ring (bicyclic) bond motifs is 1. The van der Waals surface area contributed by atoms with E-state index in [1.165, 1.54) is 0 Å². The van der Waals surface area contributed by atoms with Gasteiger partial charge < -0.3 is 11.1 Å². The van der Waals surface area contributed by atoms with Gasteiger partial charge in [-0.05, 0) is 23.8 Å². The van der Waals surface area contributed by atoms with E-state index in [9.17, 15) is 4.79 Å². The fourth-order valence-corrected chi connectivity index (χ4v) is 1.34. The van der Waals surface area contributed by atoms with Crippen molar-refractivity contribution in [1.82, 2.24) is 0 Å². The molecule has 0 bridgehead atoms. The van der Waals surface area contributed by atoms with Crippen molar-refractivity contribution in [1.29, 1.82) is 0 Å². The maximum absolute atomic E-state index is 10.3. The second-order valence-corrected chi connectivity index (χ2v) is 2.80. The van der Waals surface area contributed by atoms with E-state index in [4.69, 9.17) is 5.73 Å². The van der Waals surface area contributed by atoms with Gasteiger partial charge in [-0.1, -0.05) is 0 Å². The first kappa shape index (κ1) is 6.95. The molecule has 0 spiro atoms. The van der Waals surface area contributed by atoms with Gasteiger partial charge in [0.1, 0.15) is 11.6 Å². The number of carbonyl (C=O) groups excluding carboxylic acids is 1. The highest BCUT2D eigenvalue weighted by atomic mass is 16.1. The maximum atomic E-state index is 10.3. The Morgan fingerprint density at radius 1 is 1.50 bits per heavy atom. The highest BCUT2D eigenvalue weighted by Gasteiger charge is 2.14. The lowest BCUT2D eigenvalue weighted by atomic mass is 10.1. The van der Waals surface area contributed by atoms with Crippen LogP contribution in [0, 0.1) is 0 Å². The monoisotopic (exact) mass is 160 g/mol. The zero-order valence-corrected chi connectivity index (χ0v) is 6.42. The minimum atomic E-state index is 0.579. The first-order chi connectivity index (χ1) is 5.79. The van der Waals surface area contributed by atoms with Gasteiger partial charge in [-0.2, -0.15) is 0 Å². The lowest BCUT2D eigenvalue weighted by molar-refractivity contribution is 0.567. The van der Waals surface area contributed by atoms with Gasteiger partial charge >= 0.3 is 0 Å². The summed E-state index contributed by atoms with van der Waals surface area (Å²) in [6.07, 6.45) is 0.615. The van der Waals surface area contributed by atoms with Crippen LogP contribution in [0.3, 0.4) is 0 Å². The quantitative estimate of drug-likeness (QED) is 0.439. The first-order valence-electron chi connectivity index (χ1n) is 3.69. The smallest absolute Gasteiger partial charge is 0.146 e. The SMILES string of the molecule is Nc1ccc2c(c1)CC(=C=O)N2. The van der Waals surface area contributed by atoms with Crippen molar-refractivity contribution in [2.75, 3.05) is 11.1 Å². The average Bonchev–Trinajstić information content (AvgIpc) is 2.46. The van der Waals surface area contributed by atoms with Crippen molar-refractivity contribution in [2.24, 2.45) is 0 Å². The Bertz CT molecular complexity index is 378. The Morgan fingerprint density at radius 3 is 3.08 bits per heavy atom. The van der Waals surface area contributed by atoms with Gasteiger partial charge in [0.25, 0.3) is 0 Å². The van der Waals surface area contributed by atoms with Crippen LogP contribution >= 0.6 is 0 Å². The Balaban J connectivity index is 2.49. The third kappa shape index (κ3) is 0.966. The number of nitrogen functional groups attached to an aromatic ring is 1. The number of benzene rings is 1. The number of anilines is 2. The van der Waals surface area contributed by atoms with Gasteiger partial charge in [-0.3, -0.25) is 0 Å². The summed E-state index contributed by atoms with van der Waals surface area (Å²) in [5, 5.41) is 2.95. The topological polar surface area (TPSA) is 55.1 Å². The molecule has 0 unspecified atom stereocenters. The van der Waals surface area contributed by atoms with Crippen molar-refractivity contribution in [2.45, 2.75) is 6.42 Å². The molecule has 2 rings (SSSR count). The van der Waals surface area contributed by atoms with Crippen LogP contribution in [0.1, 0.15) is 5.56 Å². The third-order valence-corrected chi connectivity index (χ3v) is 1.91. The van der Waals surface area contributed by atoms with E-state index in [0.29, 0.717) is 12.1 Å². The number of hydrogen-bond donors (Lipinski definition) is 2. The molecule has 12 heavy (non-hydrogen) atoms. The number of nitrogens with one attached hydrogen (secondary N) is 1. The molecular weight excluding hydrogens is 152 g/mol. The molecule has 1 aliphatic rings. The maximum Gasteiger partial charge on any atom is 0.146 e. The van der Waals surface area contributed by atoms with Crippen LogP contribution in [0.4, 0.5) is 11.4 Å². The largest absolute Gasteiger partial charge is 0.399 e. The van der Waals surface area contributed by atoms with E-state index in [1.807, 2.05) is 18.1 Å². The van der Waals surface area contributed by atoms with Crippen LogP contribution in [0.5, 0.6) is 0 Å². The minimum absolute atomic E-state index is 0.579. The van der Waals surface area contributed by atoms with Gasteiger partial charge in [0.05, 0.1) is 0 Å². The molecule has 0 radical (unpaired) electrons. The molecule has 1 aromatic carbocycles. The molecule has 1 aromatic rings. The summed E-state index contributed by atoms with van der Waals surface area (Å²) in [6, 6.07) is 5.54. The number of hydrogen-bond acceptors (Lipinski definition) is 3. The lowest BCUT2D eigenvalue weighted by Crippen LogP contribution is -1.90. The lowest BCUT2D eigenvalue weighted by Gasteiger charge is -1.98. The van der Waals surface area contributed by atoms with Crippen LogP contribution in [0.15, 0.2) is 23.9 Å². The second-order valence-electron chi connectivity index (χ2n) is 2.80. The Hall–Kier alpha value is -1.73. The minimum Gasteiger partial charge on any atom is -0.399 e. The van der Waals surface area contributed by atoms with Crippen LogP contribution in [0.2, 0.25) is 0 Å². The summed E-state index contributed by atoms with van der Waals surface area (Å²) < 4.78 is 0. The van der Waals surface area contributed by atoms with Crippen molar-refractivity contribution in [3.63, 3.8) is 0 Å². The molecule has 0 aromatic heterocycles. The Labute approximate surface area is 69.9 Å². The van der Waals surface area contributed by atoms with Crippen LogP contribution < -0.4 is 11.1 Å². The fourth-order valence-electron chi connectivity index (χ4n) is 1.34. The highest BCUT2D eigenvalue weighted by molar-refractivity contribution is 5.73. The van der Waals surface area contributed by atoms with E-state index >= 15 is 0 Å². The predicted molar refractivity (Wildman–Crippen MR) is 47.4 cm³/mol. The third-order valence-electron chi connectivity index (χ3n) is 1.91. The van der Waals surface area contributed by atoms with E-state index in [0.717, 1.165) is 16.9 Å². The molecule has 0 saturated carbocycles. The van der Waals surface area contributed by atoms with Crippen molar-refractivity contribution >= 4 is 17.3 Å². The number of nitrogens with two attached hydrogens (primary N) is 1. The predicted octanol–water partition coefficient (Wildman–Crippen LogP) is 0.952. The Morgan fingerprint density at radius 2 is 2.33 bits per heavy atom. The summed E-state index contributed by atoms with van der Waals surface area (Å²) in [7, 11) is 0. The van der Waals surface area contributed by atoms with Crippen molar-refractivity contribution < 1.29 is 4.79 Å². The van der Waals surface area contributed by atoms with Gasteiger partial charge in [0, 0.05) is 17.8 Å². The summed E-state index contributed by atoms with van der Waals surface area (Å²) in [6.45, 7) is 0. The van der Waals surface area contributed by atoms with Crippen LogP contribution in [0.25, 0.3) is 0 Å². The van der Waals surface area contributed by atoms with Gasteiger partial charge in [0.2, 0.25) is 0 Å². The summed E-state index contributed by atoms with van der Waals surface area (Å²) in [5.74, 6) is 1.85. The standard InChI is InChI=1S/C9H8N2O/c10-7-1-2-9-6(3-7)4-8(5-12)11-9/h1-3,11H,4,10H2.